The van der Waals surface area contributed by atoms with Crippen LogP contribution >= 0.6 is 15.9 Å². The zero-order valence-electron chi connectivity index (χ0n) is 14.7. The van der Waals surface area contributed by atoms with Crippen LogP contribution in [-0.2, 0) is 17.7 Å². The van der Waals surface area contributed by atoms with Gasteiger partial charge in [0.2, 0.25) is 0 Å². The third-order valence-corrected chi connectivity index (χ3v) is 4.84. The maximum Gasteiger partial charge on any atom is 0.358 e. The Morgan fingerprint density at radius 1 is 1.38 bits per heavy atom. The van der Waals surface area contributed by atoms with Gasteiger partial charge in [-0.2, -0.15) is 5.10 Å². The average molecular weight is 421 g/mol. The highest BCUT2D eigenvalue weighted by Gasteiger charge is 2.26. The van der Waals surface area contributed by atoms with Crippen LogP contribution in [-0.4, -0.2) is 28.4 Å². The van der Waals surface area contributed by atoms with Gasteiger partial charge in [0, 0.05) is 11.0 Å². The number of nitrogens with zero attached hydrogens (tertiary/aromatic N) is 2. The summed E-state index contributed by atoms with van der Waals surface area (Å²) >= 11 is 3.47. The Kier molecular flexibility index (Phi) is 5.61. The van der Waals surface area contributed by atoms with Gasteiger partial charge in [-0.3, -0.25) is 4.68 Å². The molecule has 0 saturated carbocycles. The molecule has 2 N–H and O–H groups in total. The van der Waals surface area contributed by atoms with Crippen LogP contribution in [0.5, 0.6) is 0 Å². The zero-order chi connectivity index (χ0) is 18.7. The average Bonchev–Trinajstić information content (AvgIpc) is 3.19. The van der Waals surface area contributed by atoms with Crippen molar-refractivity contribution in [2.45, 2.75) is 39.3 Å². The smallest absolute Gasteiger partial charge is 0.358 e. The van der Waals surface area contributed by atoms with E-state index in [1.54, 1.807) is 6.92 Å². The number of carbonyl (C=O) groups is 2. The number of hydrogen-bond acceptors (Lipinski definition) is 4. The summed E-state index contributed by atoms with van der Waals surface area (Å²) in [4.78, 5) is 24.6. The molecule has 0 aliphatic heterocycles. The number of anilines is 1. The van der Waals surface area contributed by atoms with Crippen LogP contribution in [0.15, 0.2) is 28.9 Å². The van der Waals surface area contributed by atoms with Crippen molar-refractivity contribution in [1.29, 1.82) is 0 Å². The van der Waals surface area contributed by atoms with Gasteiger partial charge in [0.05, 0.1) is 24.5 Å². The van der Waals surface area contributed by atoms with Gasteiger partial charge in [-0.25, -0.2) is 9.59 Å². The lowest BCUT2D eigenvalue weighted by atomic mass is 10.1. The second-order valence-corrected chi connectivity index (χ2v) is 6.89. The topological polar surface area (TPSA) is 85.2 Å². The zero-order valence-corrected chi connectivity index (χ0v) is 16.3. The second kappa shape index (κ2) is 7.90. The summed E-state index contributed by atoms with van der Waals surface area (Å²) in [6, 6.07) is 5.68. The molecule has 1 aromatic carbocycles. The van der Waals surface area contributed by atoms with Crippen LogP contribution < -0.4 is 10.6 Å². The van der Waals surface area contributed by atoms with E-state index in [4.69, 9.17) is 4.74 Å². The van der Waals surface area contributed by atoms with Crippen LogP contribution in [0.4, 0.5) is 10.5 Å². The third kappa shape index (κ3) is 3.75. The number of aryl methyl sites for hydroxylation is 2. The lowest BCUT2D eigenvalue weighted by Crippen LogP contribution is -2.32. The lowest BCUT2D eigenvalue weighted by Gasteiger charge is -2.15. The van der Waals surface area contributed by atoms with E-state index in [0.717, 1.165) is 22.9 Å². The molecule has 0 unspecified atom stereocenters. The van der Waals surface area contributed by atoms with Gasteiger partial charge in [-0.15, -0.1) is 0 Å². The van der Waals surface area contributed by atoms with E-state index in [-0.39, 0.29) is 24.4 Å². The molecule has 0 spiro atoms. The van der Waals surface area contributed by atoms with Crippen LogP contribution in [0.3, 0.4) is 0 Å². The number of hydrogen-bond donors (Lipinski definition) is 2. The van der Waals surface area contributed by atoms with Gasteiger partial charge in [0.25, 0.3) is 0 Å². The van der Waals surface area contributed by atoms with Gasteiger partial charge in [-0.05, 0) is 49.9 Å². The van der Waals surface area contributed by atoms with Crippen molar-refractivity contribution in [2.75, 3.05) is 11.9 Å². The second-order valence-electron chi connectivity index (χ2n) is 5.98. The van der Waals surface area contributed by atoms with Crippen LogP contribution in [0.2, 0.25) is 0 Å². The van der Waals surface area contributed by atoms with E-state index in [2.05, 4.69) is 37.7 Å². The molecule has 0 saturated heterocycles. The van der Waals surface area contributed by atoms with Gasteiger partial charge in [0.15, 0.2) is 5.69 Å². The summed E-state index contributed by atoms with van der Waals surface area (Å²) in [7, 11) is 0. The molecule has 1 aliphatic carbocycles. The van der Waals surface area contributed by atoms with E-state index in [9.17, 15) is 9.59 Å². The molecule has 0 radical (unpaired) electrons. The number of carbonyl (C=O) groups excluding carboxylic acids is 2. The molecule has 2 amide bonds. The highest BCUT2D eigenvalue weighted by atomic mass is 79.9. The molecule has 1 aliphatic rings. The monoisotopic (exact) mass is 420 g/mol. The van der Waals surface area contributed by atoms with Crippen molar-refractivity contribution in [1.82, 2.24) is 15.1 Å². The Hall–Kier alpha value is -2.35. The Morgan fingerprint density at radius 3 is 2.92 bits per heavy atom. The van der Waals surface area contributed by atoms with Crippen molar-refractivity contribution in [2.24, 2.45) is 0 Å². The minimum Gasteiger partial charge on any atom is -0.461 e. The number of benzene rings is 1. The number of rotatable bonds is 5. The third-order valence-electron chi connectivity index (χ3n) is 4.35. The Morgan fingerprint density at radius 2 is 2.19 bits per heavy atom. The van der Waals surface area contributed by atoms with Gasteiger partial charge < -0.3 is 15.4 Å². The maximum atomic E-state index is 12.5. The van der Waals surface area contributed by atoms with Crippen LogP contribution in [0.1, 0.15) is 47.9 Å². The minimum absolute atomic E-state index is 0.0604. The molecule has 0 fully saturated rings. The summed E-state index contributed by atoms with van der Waals surface area (Å²) < 4.78 is 7.56. The molecule has 0 bridgehead atoms. The highest BCUT2D eigenvalue weighted by molar-refractivity contribution is 9.10. The Labute approximate surface area is 160 Å². The van der Waals surface area contributed by atoms with Crippen LogP contribution in [0, 0.1) is 0 Å². The van der Waals surface area contributed by atoms with Crippen molar-refractivity contribution in [3.63, 3.8) is 0 Å². The number of nitrogens with one attached hydrogen (secondary N) is 2. The molecule has 1 atom stereocenters. The van der Waals surface area contributed by atoms with Crippen molar-refractivity contribution in [3.8, 4) is 0 Å². The summed E-state index contributed by atoms with van der Waals surface area (Å²) in [6.45, 7) is 4.36. The lowest BCUT2D eigenvalue weighted by molar-refractivity contribution is 0.0513. The fourth-order valence-corrected chi connectivity index (χ4v) is 3.55. The molecule has 8 heteroatoms. The number of ether oxygens (including phenoxy) is 1. The van der Waals surface area contributed by atoms with Gasteiger partial charge in [0.1, 0.15) is 0 Å². The SMILES string of the molecule is CCOC(=O)c1c(NC(=O)N[C@H]2CCc3ccc(Br)cc32)cnn1CC. The molecule has 7 nitrogen and oxygen atoms in total. The molecule has 3 rings (SSSR count). The van der Waals surface area contributed by atoms with Gasteiger partial charge >= 0.3 is 12.0 Å². The van der Waals surface area contributed by atoms with E-state index < -0.39 is 5.97 Å². The molecule has 26 heavy (non-hydrogen) atoms. The Balaban J connectivity index is 1.73. The minimum atomic E-state index is -0.503. The number of halogens is 1. The summed E-state index contributed by atoms with van der Waals surface area (Å²) in [6.07, 6.45) is 3.24. The van der Waals surface area contributed by atoms with Crippen molar-refractivity contribution >= 4 is 33.6 Å². The summed E-state index contributed by atoms with van der Waals surface area (Å²) in [5, 5.41) is 9.84. The van der Waals surface area contributed by atoms with Crippen LogP contribution in [0.25, 0.3) is 0 Å². The molecule has 2 aromatic rings. The molecule has 138 valence electrons. The molecular formula is C18H21BrN4O3. The van der Waals surface area contributed by atoms with E-state index in [0.29, 0.717) is 12.2 Å². The van der Waals surface area contributed by atoms with E-state index >= 15 is 0 Å². The first-order valence-corrected chi connectivity index (χ1v) is 9.41. The number of urea groups is 1. The fourth-order valence-electron chi connectivity index (χ4n) is 3.17. The number of fused-ring (bicyclic) bond motifs is 1. The molecule has 1 heterocycles. The molecular weight excluding hydrogens is 400 g/mol. The number of amides is 2. The number of aromatic nitrogens is 2. The first-order valence-electron chi connectivity index (χ1n) is 8.62. The number of esters is 1. The van der Waals surface area contributed by atoms with Gasteiger partial charge in [-0.1, -0.05) is 22.0 Å². The van der Waals surface area contributed by atoms with E-state index in [1.165, 1.54) is 16.4 Å². The largest absolute Gasteiger partial charge is 0.461 e. The summed E-state index contributed by atoms with van der Waals surface area (Å²) in [5.74, 6) is -0.503. The Bertz CT molecular complexity index is 834. The maximum absolute atomic E-state index is 12.5. The molecule has 1 aromatic heterocycles. The highest BCUT2D eigenvalue weighted by Crippen LogP contribution is 2.33. The van der Waals surface area contributed by atoms with E-state index in [1.807, 2.05) is 19.1 Å². The first-order chi connectivity index (χ1) is 12.5. The first kappa shape index (κ1) is 18.4. The quantitative estimate of drug-likeness (QED) is 0.722. The predicted octanol–water partition coefficient (Wildman–Crippen LogP) is 3.65. The fraction of sp³-hybridized carbons (Fsp3) is 0.389. The predicted molar refractivity (Wildman–Crippen MR) is 101 cm³/mol. The summed E-state index contributed by atoms with van der Waals surface area (Å²) in [5.41, 5.74) is 2.95. The normalized spacial score (nSPS) is 15.4. The van der Waals surface area contributed by atoms with Crippen molar-refractivity contribution in [3.05, 3.63) is 45.7 Å². The standard InChI is InChI=1S/C18H21BrN4O3/c1-3-23-16(17(24)26-4-2)15(10-20-23)22-18(25)21-14-8-6-11-5-7-12(19)9-13(11)14/h5,7,9-10,14H,3-4,6,8H2,1-2H3,(H2,21,22,25)/t14-/m0/s1. The van der Waals surface area contributed by atoms with Crippen molar-refractivity contribution < 1.29 is 14.3 Å².